The van der Waals surface area contributed by atoms with Crippen LogP contribution in [-0.2, 0) is 19.6 Å². The number of aliphatic carboxylic acids is 1. The second-order valence-electron chi connectivity index (χ2n) is 6.48. The average molecular weight is 358 g/mol. The highest BCUT2D eigenvalue weighted by atomic mass is 32.2. The van der Waals surface area contributed by atoms with Crippen molar-refractivity contribution in [3.8, 4) is 0 Å². The minimum absolute atomic E-state index is 0.0564. The van der Waals surface area contributed by atoms with Crippen LogP contribution >= 0.6 is 0 Å². The van der Waals surface area contributed by atoms with Gasteiger partial charge in [0, 0.05) is 25.6 Å². The van der Waals surface area contributed by atoms with E-state index in [1.54, 1.807) is 18.7 Å². The molecule has 2 saturated heterocycles. The predicted octanol–water partition coefficient (Wildman–Crippen LogP) is -0.568. The fourth-order valence-electron chi connectivity index (χ4n) is 3.55. The molecular weight excluding hydrogens is 336 g/mol. The van der Waals surface area contributed by atoms with Gasteiger partial charge in [-0.2, -0.15) is 9.40 Å². The molecule has 3 heterocycles. The van der Waals surface area contributed by atoms with Crippen molar-refractivity contribution in [1.82, 2.24) is 19.4 Å². The summed E-state index contributed by atoms with van der Waals surface area (Å²) < 4.78 is 33.5. The van der Waals surface area contributed by atoms with Crippen LogP contribution < -0.4 is 0 Å². The lowest BCUT2D eigenvalue weighted by molar-refractivity contribution is -0.138. The van der Waals surface area contributed by atoms with Crippen molar-refractivity contribution < 1.29 is 23.1 Å². The van der Waals surface area contributed by atoms with E-state index < -0.39 is 22.0 Å². The Morgan fingerprint density at radius 1 is 1.33 bits per heavy atom. The van der Waals surface area contributed by atoms with Crippen molar-refractivity contribution in [2.75, 3.05) is 39.4 Å². The second kappa shape index (κ2) is 6.43. The monoisotopic (exact) mass is 358 g/mol. The molecule has 3 rings (SSSR count). The Morgan fingerprint density at radius 2 is 2.08 bits per heavy atom. The molecule has 0 unspecified atom stereocenters. The van der Waals surface area contributed by atoms with Gasteiger partial charge in [-0.3, -0.25) is 14.8 Å². The Morgan fingerprint density at radius 3 is 2.71 bits per heavy atom. The van der Waals surface area contributed by atoms with E-state index in [1.165, 1.54) is 4.31 Å². The number of sulfonamides is 1. The highest BCUT2D eigenvalue weighted by Crippen LogP contribution is 2.28. The van der Waals surface area contributed by atoms with Crippen molar-refractivity contribution in [3.63, 3.8) is 0 Å². The number of carbonyl (C=O) groups is 1. The first-order valence-corrected chi connectivity index (χ1v) is 9.28. The van der Waals surface area contributed by atoms with Gasteiger partial charge in [-0.1, -0.05) is 0 Å². The SMILES string of the molecule is Cc1n[nH]c(C)c1S(=O)(=O)N1C[C@H]2COC[C@@H]1CN(CC(=O)O)C2. The summed E-state index contributed by atoms with van der Waals surface area (Å²) in [5.41, 5.74) is 0.948. The van der Waals surface area contributed by atoms with E-state index >= 15 is 0 Å². The third-order valence-electron chi connectivity index (χ3n) is 4.48. The van der Waals surface area contributed by atoms with Gasteiger partial charge in [0.1, 0.15) is 4.90 Å². The Hall–Kier alpha value is -1.49. The number of rotatable bonds is 4. The fourth-order valence-corrected chi connectivity index (χ4v) is 5.57. The van der Waals surface area contributed by atoms with Gasteiger partial charge in [0.2, 0.25) is 10.0 Å². The normalized spacial score (nSPS) is 26.2. The molecule has 0 aliphatic carbocycles. The van der Waals surface area contributed by atoms with Crippen molar-refractivity contribution >= 4 is 16.0 Å². The molecule has 134 valence electrons. The molecule has 0 aromatic carbocycles. The summed E-state index contributed by atoms with van der Waals surface area (Å²) in [6.07, 6.45) is 0. The third-order valence-corrected chi connectivity index (χ3v) is 6.66. The summed E-state index contributed by atoms with van der Waals surface area (Å²) in [6.45, 7) is 5.13. The number of H-pyrrole nitrogens is 1. The summed E-state index contributed by atoms with van der Waals surface area (Å²) >= 11 is 0. The van der Waals surface area contributed by atoms with E-state index in [0.717, 1.165) is 0 Å². The highest BCUT2D eigenvalue weighted by molar-refractivity contribution is 7.89. The lowest BCUT2D eigenvalue weighted by Crippen LogP contribution is -2.47. The zero-order valence-corrected chi connectivity index (χ0v) is 14.5. The van der Waals surface area contributed by atoms with Gasteiger partial charge in [-0.15, -0.1) is 0 Å². The molecule has 2 bridgehead atoms. The lowest BCUT2D eigenvalue weighted by atomic mass is 10.1. The topological polar surface area (TPSA) is 116 Å². The molecule has 2 atom stereocenters. The molecule has 10 heteroatoms. The van der Waals surface area contributed by atoms with Crippen LogP contribution in [0, 0.1) is 19.8 Å². The quantitative estimate of drug-likeness (QED) is 0.740. The smallest absolute Gasteiger partial charge is 0.317 e. The van der Waals surface area contributed by atoms with Crippen LogP contribution in [0.2, 0.25) is 0 Å². The van der Waals surface area contributed by atoms with E-state index in [0.29, 0.717) is 37.6 Å². The number of hydrogen-bond acceptors (Lipinski definition) is 6. The van der Waals surface area contributed by atoms with Gasteiger partial charge in [-0.05, 0) is 13.8 Å². The molecular formula is C14H22N4O5S. The van der Waals surface area contributed by atoms with E-state index in [9.17, 15) is 13.2 Å². The minimum atomic E-state index is -3.72. The Kier molecular flexibility index (Phi) is 4.65. The van der Waals surface area contributed by atoms with Gasteiger partial charge in [-0.25, -0.2) is 8.42 Å². The summed E-state index contributed by atoms with van der Waals surface area (Å²) in [5.74, 6) is -0.967. The number of carboxylic acids is 1. The van der Waals surface area contributed by atoms with E-state index in [-0.39, 0.29) is 24.0 Å². The fraction of sp³-hybridized carbons (Fsp3) is 0.714. The molecule has 24 heavy (non-hydrogen) atoms. The van der Waals surface area contributed by atoms with E-state index in [2.05, 4.69) is 10.2 Å². The van der Waals surface area contributed by atoms with Gasteiger partial charge in [0.25, 0.3) is 0 Å². The van der Waals surface area contributed by atoms with Crippen LogP contribution in [0.4, 0.5) is 0 Å². The zero-order chi connectivity index (χ0) is 17.5. The van der Waals surface area contributed by atoms with Crippen molar-refractivity contribution in [3.05, 3.63) is 11.4 Å². The van der Waals surface area contributed by atoms with E-state index in [1.807, 2.05) is 0 Å². The maximum Gasteiger partial charge on any atom is 0.317 e. The molecule has 0 spiro atoms. The summed E-state index contributed by atoms with van der Waals surface area (Å²) in [6, 6.07) is -0.407. The van der Waals surface area contributed by atoms with E-state index in [4.69, 9.17) is 9.84 Å². The molecule has 2 fully saturated rings. The number of aryl methyl sites for hydroxylation is 2. The number of aromatic nitrogens is 2. The Balaban J connectivity index is 1.95. The second-order valence-corrected chi connectivity index (χ2v) is 8.31. The predicted molar refractivity (Wildman–Crippen MR) is 84.1 cm³/mol. The first-order chi connectivity index (χ1) is 11.3. The lowest BCUT2D eigenvalue weighted by Gasteiger charge is -2.29. The van der Waals surface area contributed by atoms with Crippen molar-refractivity contribution in [2.24, 2.45) is 5.92 Å². The number of nitrogens with one attached hydrogen (secondary N) is 1. The zero-order valence-electron chi connectivity index (χ0n) is 13.7. The molecule has 0 radical (unpaired) electrons. The maximum absolute atomic E-state index is 13.2. The van der Waals surface area contributed by atoms with Crippen LogP contribution in [0.25, 0.3) is 0 Å². The molecule has 2 aliphatic rings. The average Bonchev–Trinajstić information content (AvgIpc) is 2.62. The van der Waals surface area contributed by atoms with Crippen LogP contribution in [-0.4, -0.2) is 84.3 Å². The van der Waals surface area contributed by atoms with Crippen LogP contribution in [0.15, 0.2) is 4.90 Å². The third kappa shape index (κ3) is 3.18. The molecule has 9 nitrogen and oxygen atoms in total. The molecule has 2 N–H and O–H groups in total. The molecule has 1 aromatic heterocycles. The Labute approximate surface area is 140 Å². The van der Waals surface area contributed by atoms with Gasteiger partial charge in [0.05, 0.1) is 37.2 Å². The highest BCUT2D eigenvalue weighted by Gasteiger charge is 2.41. The number of nitrogens with zero attached hydrogens (tertiary/aromatic N) is 3. The Bertz CT molecular complexity index is 712. The standard InChI is InChI=1S/C14H22N4O5S/c1-9-14(10(2)16-15-9)24(21,22)18-4-11-3-17(6-13(19)20)5-12(18)8-23-7-11/h11-12H,3-8H2,1-2H3,(H,15,16)(H,19,20)/t11-,12-/m0/s1. The maximum atomic E-state index is 13.2. The summed E-state index contributed by atoms with van der Waals surface area (Å²) in [5, 5.41) is 15.8. The van der Waals surface area contributed by atoms with Gasteiger partial charge >= 0.3 is 5.97 Å². The number of fused-ring (bicyclic) bond motifs is 3. The molecule has 2 aliphatic heterocycles. The number of carboxylic acid groups (broad SMARTS) is 1. The minimum Gasteiger partial charge on any atom is -0.480 e. The van der Waals surface area contributed by atoms with Crippen molar-refractivity contribution in [1.29, 1.82) is 0 Å². The number of hydrogen-bond donors (Lipinski definition) is 2. The van der Waals surface area contributed by atoms with Crippen LogP contribution in [0.5, 0.6) is 0 Å². The number of aromatic amines is 1. The van der Waals surface area contributed by atoms with Crippen LogP contribution in [0.3, 0.4) is 0 Å². The first-order valence-electron chi connectivity index (χ1n) is 7.84. The summed E-state index contributed by atoms with van der Waals surface area (Å²) in [7, 11) is -3.72. The summed E-state index contributed by atoms with van der Waals surface area (Å²) in [4.78, 5) is 13.0. The largest absolute Gasteiger partial charge is 0.480 e. The number of ether oxygens (including phenoxy) is 1. The van der Waals surface area contributed by atoms with Crippen molar-refractivity contribution in [2.45, 2.75) is 24.8 Å². The first kappa shape index (κ1) is 17.3. The van der Waals surface area contributed by atoms with Gasteiger partial charge in [0.15, 0.2) is 0 Å². The molecule has 0 saturated carbocycles. The van der Waals surface area contributed by atoms with Gasteiger partial charge < -0.3 is 9.84 Å². The van der Waals surface area contributed by atoms with Crippen LogP contribution in [0.1, 0.15) is 11.4 Å². The molecule has 1 aromatic rings. The molecule has 0 amide bonds.